The Labute approximate surface area is 145 Å². The van der Waals surface area contributed by atoms with Gasteiger partial charge in [-0.25, -0.2) is 0 Å². The standard InChI is InChI=1S/C19H22N2O2S/c22-19(16-7-5-11-20-13-16)21-17-8-4-6-15(12-17)14-24(23)18-9-2-1-3-10-18/h4-8,11-13,18H,1-3,9-10,14H2,(H,21,22). The van der Waals surface area contributed by atoms with Crippen LogP contribution in [-0.2, 0) is 16.6 Å². The molecule has 0 bridgehead atoms. The molecule has 1 saturated carbocycles. The molecule has 1 unspecified atom stereocenters. The lowest BCUT2D eigenvalue weighted by Crippen LogP contribution is -2.20. The van der Waals surface area contributed by atoms with Crippen molar-refractivity contribution in [2.45, 2.75) is 43.1 Å². The second kappa shape index (κ2) is 8.20. The van der Waals surface area contributed by atoms with Crippen LogP contribution in [0, 0.1) is 0 Å². The first-order valence-corrected chi connectivity index (χ1v) is 9.78. The second-order valence-electron chi connectivity index (χ2n) is 6.18. The van der Waals surface area contributed by atoms with Gasteiger partial charge in [-0.15, -0.1) is 0 Å². The molecule has 1 N–H and O–H groups in total. The van der Waals surface area contributed by atoms with Gasteiger partial charge >= 0.3 is 0 Å². The van der Waals surface area contributed by atoms with Gasteiger partial charge in [0.1, 0.15) is 0 Å². The normalized spacial score (nSPS) is 16.5. The highest BCUT2D eigenvalue weighted by atomic mass is 32.2. The third-order valence-corrected chi connectivity index (χ3v) is 6.17. The fourth-order valence-corrected chi connectivity index (χ4v) is 4.65. The Balaban J connectivity index is 1.63. The lowest BCUT2D eigenvalue weighted by atomic mass is 10.0. The van der Waals surface area contributed by atoms with Crippen molar-refractivity contribution in [3.63, 3.8) is 0 Å². The summed E-state index contributed by atoms with van der Waals surface area (Å²) in [6, 6.07) is 11.1. The predicted octanol–water partition coefficient (Wildman–Crippen LogP) is 3.92. The third-order valence-electron chi connectivity index (χ3n) is 4.34. The van der Waals surface area contributed by atoms with Crippen LogP contribution in [0.2, 0.25) is 0 Å². The number of rotatable bonds is 5. The monoisotopic (exact) mass is 342 g/mol. The zero-order valence-corrected chi connectivity index (χ0v) is 14.4. The average molecular weight is 342 g/mol. The van der Waals surface area contributed by atoms with E-state index in [9.17, 15) is 9.00 Å². The molecule has 24 heavy (non-hydrogen) atoms. The molecule has 1 aromatic heterocycles. The molecular formula is C19H22N2O2S. The number of hydrogen-bond acceptors (Lipinski definition) is 3. The molecule has 1 aliphatic rings. The van der Waals surface area contributed by atoms with Crippen LogP contribution in [0.15, 0.2) is 48.8 Å². The van der Waals surface area contributed by atoms with E-state index in [1.807, 2.05) is 24.3 Å². The van der Waals surface area contributed by atoms with Crippen molar-refractivity contribution in [3.05, 3.63) is 59.9 Å². The van der Waals surface area contributed by atoms with Gasteiger partial charge in [-0.05, 0) is 42.7 Å². The van der Waals surface area contributed by atoms with Gasteiger partial charge in [-0.3, -0.25) is 14.0 Å². The molecule has 1 aliphatic carbocycles. The number of benzene rings is 1. The minimum absolute atomic E-state index is 0.186. The molecule has 0 radical (unpaired) electrons. The number of pyridine rings is 1. The molecule has 126 valence electrons. The summed E-state index contributed by atoms with van der Waals surface area (Å²) < 4.78 is 12.5. The van der Waals surface area contributed by atoms with Crippen molar-refractivity contribution in [1.29, 1.82) is 0 Å². The number of amides is 1. The molecule has 1 heterocycles. The summed E-state index contributed by atoms with van der Waals surface area (Å²) in [5.74, 6) is 0.370. The van der Waals surface area contributed by atoms with Gasteiger partial charge in [0.2, 0.25) is 0 Å². The van der Waals surface area contributed by atoms with Gasteiger partial charge < -0.3 is 5.32 Å². The Bertz CT molecular complexity index is 712. The summed E-state index contributed by atoms with van der Waals surface area (Å²) in [4.78, 5) is 16.1. The Hall–Kier alpha value is -2.01. The SMILES string of the molecule is O=C(Nc1cccc(CS(=O)C2CCCCC2)c1)c1cccnc1. The molecule has 3 rings (SSSR count). The number of aromatic nitrogens is 1. The van der Waals surface area contributed by atoms with Crippen molar-refractivity contribution in [2.24, 2.45) is 0 Å². The second-order valence-corrected chi connectivity index (χ2v) is 7.90. The zero-order valence-electron chi connectivity index (χ0n) is 13.6. The van der Waals surface area contributed by atoms with E-state index in [2.05, 4.69) is 10.3 Å². The molecule has 0 aliphatic heterocycles. The number of nitrogens with one attached hydrogen (secondary N) is 1. The lowest BCUT2D eigenvalue weighted by molar-refractivity contribution is 0.102. The summed E-state index contributed by atoms with van der Waals surface area (Å²) >= 11 is 0. The van der Waals surface area contributed by atoms with Gasteiger partial charge in [0.25, 0.3) is 5.91 Å². The smallest absolute Gasteiger partial charge is 0.257 e. The lowest BCUT2D eigenvalue weighted by Gasteiger charge is -2.21. The van der Waals surface area contributed by atoms with Crippen LogP contribution in [0.3, 0.4) is 0 Å². The largest absolute Gasteiger partial charge is 0.322 e. The molecule has 1 atom stereocenters. The number of carbonyl (C=O) groups excluding carboxylic acids is 1. The number of nitrogens with zero attached hydrogens (tertiary/aromatic N) is 1. The summed E-state index contributed by atoms with van der Waals surface area (Å²) in [7, 11) is -0.837. The van der Waals surface area contributed by atoms with Crippen LogP contribution in [0.25, 0.3) is 0 Å². The summed E-state index contributed by atoms with van der Waals surface area (Å²) in [6.07, 6.45) is 8.97. The first-order chi connectivity index (χ1) is 11.7. The van der Waals surface area contributed by atoms with Crippen molar-refractivity contribution in [2.75, 3.05) is 5.32 Å². The quantitative estimate of drug-likeness (QED) is 0.896. The predicted molar refractivity (Wildman–Crippen MR) is 97.4 cm³/mol. The summed E-state index contributed by atoms with van der Waals surface area (Å²) in [6.45, 7) is 0. The first-order valence-electron chi connectivity index (χ1n) is 8.40. The van der Waals surface area contributed by atoms with E-state index in [4.69, 9.17) is 0 Å². The Kier molecular flexibility index (Phi) is 5.75. The fraction of sp³-hybridized carbons (Fsp3) is 0.368. The highest BCUT2D eigenvalue weighted by molar-refractivity contribution is 7.84. The van der Waals surface area contributed by atoms with Crippen LogP contribution in [0.4, 0.5) is 5.69 Å². The van der Waals surface area contributed by atoms with Gasteiger partial charge in [0.15, 0.2) is 0 Å². The van der Waals surface area contributed by atoms with Gasteiger partial charge in [-0.2, -0.15) is 0 Å². The van der Waals surface area contributed by atoms with Crippen LogP contribution in [-0.4, -0.2) is 20.3 Å². The van der Waals surface area contributed by atoms with Crippen LogP contribution < -0.4 is 5.32 Å². The first kappa shape index (κ1) is 16.8. The number of anilines is 1. The molecule has 2 aromatic rings. The average Bonchev–Trinajstić information content (AvgIpc) is 2.63. The van der Waals surface area contributed by atoms with Crippen molar-refractivity contribution < 1.29 is 9.00 Å². The zero-order chi connectivity index (χ0) is 16.8. The van der Waals surface area contributed by atoms with E-state index in [-0.39, 0.29) is 5.91 Å². The molecule has 4 nitrogen and oxygen atoms in total. The molecule has 1 fully saturated rings. The minimum atomic E-state index is -0.837. The van der Waals surface area contributed by atoms with Gasteiger partial charge in [-0.1, -0.05) is 31.4 Å². The Morgan fingerprint density at radius 1 is 1.17 bits per heavy atom. The maximum atomic E-state index is 12.5. The number of carbonyl (C=O) groups is 1. The Morgan fingerprint density at radius 3 is 2.75 bits per heavy atom. The summed E-state index contributed by atoms with van der Waals surface area (Å²) in [5.41, 5.74) is 2.25. The fourth-order valence-electron chi connectivity index (χ4n) is 3.05. The van der Waals surface area contributed by atoms with E-state index in [1.165, 1.54) is 25.5 Å². The maximum Gasteiger partial charge on any atom is 0.257 e. The number of hydrogen-bond donors (Lipinski definition) is 1. The molecule has 5 heteroatoms. The van der Waals surface area contributed by atoms with Crippen molar-refractivity contribution in [3.8, 4) is 0 Å². The topological polar surface area (TPSA) is 59.1 Å². The highest BCUT2D eigenvalue weighted by Gasteiger charge is 2.19. The van der Waals surface area contributed by atoms with E-state index in [1.54, 1.807) is 18.3 Å². The molecule has 1 aromatic carbocycles. The maximum absolute atomic E-state index is 12.5. The van der Waals surface area contributed by atoms with Crippen LogP contribution in [0.1, 0.15) is 48.0 Å². The van der Waals surface area contributed by atoms with Crippen molar-refractivity contribution >= 4 is 22.4 Å². The van der Waals surface area contributed by atoms with Crippen LogP contribution in [0.5, 0.6) is 0 Å². The Morgan fingerprint density at radius 2 is 2.00 bits per heavy atom. The minimum Gasteiger partial charge on any atom is -0.322 e. The molecule has 0 spiro atoms. The van der Waals surface area contributed by atoms with E-state index in [0.717, 1.165) is 24.1 Å². The highest BCUT2D eigenvalue weighted by Crippen LogP contribution is 2.24. The van der Waals surface area contributed by atoms with Crippen molar-refractivity contribution in [1.82, 2.24) is 4.98 Å². The van der Waals surface area contributed by atoms with Gasteiger partial charge in [0, 0.05) is 39.9 Å². The summed E-state index contributed by atoms with van der Waals surface area (Å²) in [5, 5.41) is 3.20. The van der Waals surface area contributed by atoms with E-state index in [0.29, 0.717) is 16.6 Å². The molecular weight excluding hydrogens is 320 g/mol. The van der Waals surface area contributed by atoms with Gasteiger partial charge in [0.05, 0.1) is 5.56 Å². The third kappa shape index (κ3) is 4.51. The molecule has 0 saturated heterocycles. The van der Waals surface area contributed by atoms with Crippen LogP contribution >= 0.6 is 0 Å². The van der Waals surface area contributed by atoms with E-state index >= 15 is 0 Å². The molecule has 1 amide bonds. The van der Waals surface area contributed by atoms with E-state index < -0.39 is 10.8 Å².